The van der Waals surface area contributed by atoms with E-state index >= 15 is 0 Å². The van der Waals surface area contributed by atoms with Crippen molar-refractivity contribution >= 4 is 11.9 Å². The molecule has 3 N–H and O–H groups in total. The molecule has 0 aliphatic carbocycles. The Bertz CT molecular complexity index is 742. The number of aliphatic hydroxyl groups excluding tert-OH is 2. The van der Waals surface area contributed by atoms with Crippen LogP contribution in [0.5, 0.6) is 0 Å². The second-order valence-corrected chi connectivity index (χ2v) is 15.0. The van der Waals surface area contributed by atoms with Gasteiger partial charge in [0.2, 0.25) is 5.91 Å². The topological polar surface area (TPSA) is 95.9 Å². The molecule has 0 bridgehead atoms. The second kappa shape index (κ2) is 40.4. The van der Waals surface area contributed by atoms with E-state index in [1.54, 1.807) is 0 Å². The zero-order valence-electron chi connectivity index (χ0n) is 33.4. The zero-order chi connectivity index (χ0) is 36.6. The van der Waals surface area contributed by atoms with Gasteiger partial charge in [-0.15, -0.1) is 0 Å². The fourth-order valence-corrected chi connectivity index (χ4v) is 6.62. The summed E-state index contributed by atoms with van der Waals surface area (Å²) in [6.07, 6.45) is 43.0. The molecule has 50 heavy (non-hydrogen) atoms. The normalized spacial score (nSPS) is 12.8. The molecule has 296 valence electrons. The van der Waals surface area contributed by atoms with Crippen molar-refractivity contribution in [2.24, 2.45) is 0 Å². The van der Waals surface area contributed by atoms with Crippen LogP contribution in [0.1, 0.15) is 232 Å². The number of carbonyl (C=O) groups is 2. The molecule has 0 aromatic rings. The van der Waals surface area contributed by atoms with E-state index in [4.69, 9.17) is 4.74 Å². The van der Waals surface area contributed by atoms with E-state index < -0.39 is 12.1 Å². The smallest absolute Gasteiger partial charge is 0.305 e. The number of hydrogen-bond acceptors (Lipinski definition) is 5. The molecule has 0 saturated heterocycles. The third-order valence-corrected chi connectivity index (χ3v) is 10.1. The van der Waals surface area contributed by atoms with Crippen molar-refractivity contribution in [3.8, 4) is 0 Å². The molecular formula is C44H85NO5. The van der Waals surface area contributed by atoms with Gasteiger partial charge in [0.15, 0.2) is 0 Å². The van der Waals surface area contributed by atoms with Gasteiger partial charge in [0.05, 0.1) is 25.4 Å². The van der Waals surface area contributed by atoms with Crippen molar-refractivity contribution < 1.29 is 24.5 Å². The van der Waals surface area contributed by atoms with E-state index in [1.165, 1.54) is 141 Å². The highest BCUT2D eigenvalue weighted by atomic mass is 16.5. The Balaban J connectivity index is 3.48. The molecule has 0 heterocycles. The van der Waals surface area contributed by atoms with E-state index in [1.807, 2.05) is 0 Å². The monoisotopic (exact) mass is 708 g/mol. The average Bonchev–Trinajstić information content (AvgIpc) is 3.11. The van der Waals surface area contributed by atoms with Gasteiger partial charge in [0, 0.05) is 12.8 Å². The van der Waals surface area contributed by atoms with E-state index in [-0.39, 0.29) is 18.5 Å². The molecule has 2 atom stereocenters. The number of carbonyl (C=O) groups excluding carboxylic acids is 2. The maximum atomic E-state index is 12.4. The van der Waals surface area contributed by atoms with Crippen LogP contribution in [0, 0.1) is 0 Å². The summed E-state index contributed by atoms with van der Waals surface area (Å²) in [5, 5.41) is 23.1. The summed E-state index contributed by atoms with van der Waals surface area (Å²) in [5.41, 5.74) is 0. The van der Waals surface area contributed by atoms with E-state index in [9.17, 15) is 19.8 Å². The van der Waals surface area contributed by atoms with Crippen molar-refractivity contribution in [3.63, 3.8) is 0 Å². The Kier molecular flexibility index (Phi) is 39.2. The zero-order valence-corrected chi connectivity index (χ0v) is 33.4. The fourth-order valence-electron chi connectivity index (χ4n) is 6.62. The number of allylic oxidation sites excluding steroid dienone is 2. The molecule has 2 unspecified atom stereocenters. The van der Waals surface area contributed by atoms with Crippen molar-refractivity contribution in [1.29, 1.82) is 0 Å². The van der Waals surface area contributed by atoms with Crippen LogP contribution >= 0.6 is 0 Å². The lowest BCUT2D eigenvalue weighted by molar-refractivity contribution is -0.143. The van der Waals surface area contributed by atoms with Crippen LogP contribution in [0.4, 0.5) is 0 Å². The van der Waals surface area contributed by atoms with Crippen LogP contribution in [0.3, 0.4) is 0 Å². The van der Waals surface area contributed by atoms with E-state index in [0.717, 1.165) is 57.8 Å². The summed E-state index contributed by atoms with van der Waals surface area (Å²) in [6.45, 7) is 4.85. The predicted molar refractivity (Wildman–Crippen MR) is 213 cm³/mol. The Hall–Kier alpha value is -1.40. The number of nitrogens with one attached hydrogen (secondary N) is 1. The minimum absolute atomic E-state index is 0.0253. The maximum Gasteiger partial charge on any atom is 0.305 e. The van der Waals surface area contributed by atoms with Gasteiger partial charge in [-0.05, 0) is 44.9 Å². The second-order valence-electron chi connectivity index (χ2n) is 15.0. The summed E-state index contributed by atoms with van der Waals surface area (Å²) in [6, 6.07) is -0.553. The first-order chi connectivity index (χ1) is 24.5. The summed E-state index contributed by atoms with van der Waals surface area (Å²) < 4.78 is 5.42. The first kappa shape index (κ1) is 48.6. The Morgan fingerprint density at radius 3 is 1.48 bits per heavy atom. The number of esters is 1. The highest BCUT2D eigenvalue weighted by molar-refractivity contribution is 5.76. The highest BCUT2D eigenvalue weighted by Crippen LogP contribution is 2.15. The Labute approximate surface area is 310 Å². The van der Waals surface area contributed by atoms with Gasteiger partial charge in [-0.1, -0.05) is 187 Å². The molecule has 0 aromatic heterocycles. The van der Waals surface area contributed by atoms with Gasteiger partial charge in [-0.25, -0.2) is 0 Å². The molecule has 0 radical (unpaired) electrons. The Morgan fingerprint density at radius 2 is 0.960 bits per heavy atom. The number of rotatable bonds is 40. The van der Waals surface area contributed by atoms with Crippen molar-refractivity contribution in [3.05, 3.63) is 12.2 Å². The largest absolute Gasteiger partial charge is 0.466 e. The molecule has 0 fully saturated rings. The number of amides is 1. The average molecular weight is 708 g/mol. The summed E-state index contributed by atoms with van der Waals surface area (Å²) in [7, 11) is 0. The van der Waals surface area contributed by atoms with Crippen molar-refractivity contribution in [1.82, 2.24) is 5.32 Å². The number of hydrogen-bond donors (Lipinski definition) is 3. The van der Waals surface area contributed by atoms with Crippen LogP contribution in [0.25, 0.3) is 0 Å². The van der Waals surface area contributed by atoms with Gasteiger partial charge in [-0.2, -0.15) is 0 Å². The minimum Gasteiger partial charge on any atom is -0.466 e. The first-order valence-corrected chi connectivity index (χ1v) is 21.9. The van der Waals surface area contributed by atoms with Gasteiger partial charge >= 0.3 is 5.97 Å². The fraction of sp³-hybridized carbons (Fsp3) is 0.909. The third kappa shape index (κ3) is 36.4. The van der Waals surface area contributed by atoms with Gasteiger partial charge < -0.3 is 20.3 Å². The van der Waals surface area contributed by atoms with Crippen molar-refractivity contribution in [2.75, 3.05) is 13.2 Å². The van der Waals surface area contributed by atoms with E-state index in [0.29, 0.717) is 25.9 Å². The molecule has 0 aromatic carbocycles. The van der Waals surface area contributed by atoms with Crippen molar-refractivity contribution in [2.45, 2.75) is 244 Å². The number of unbranched alkanes of at least 4 members (excludes halogenated alkanes) is 27. The van der Waals surface area contributed by atoms with Crippen LogP contribution in [0.15, 0.2) is 12.2 Å². The van der Waals surface area contributed by atoms with Crippen LogP contribution < -0.4 is 5.32 Å². The standard InChI is InChI=1S/C44H85NO5/c1-3-5-7-9-11-13-16-20-24-28-32-36-42(47)41(40-46)45-43(48)37-33-29-25-21-18-15-19-23-27-31-35-39-50-44(49)38-34-30-26-22-17-14-12-10-8-6-4-2/h10,12,41-42,46-47H,3-9,11,13-40H2,1-2H3,(H,45,48)/b12-10-. The summed E-state index contributed by atoms with van der Waals surface area (Å²) in [5.74, 6) is -0.0815. The quantitative estimate of drug-likeness (QED) is 0.0335. The lowest BCUT2D eigenvalue weighted by atomic mass is 10.0. The minimum atomic E-state index is -0.674. The number of aliphatic hydroxyl groups is 2. The predicted octanol–water partition coefficient (Wildman–Crippen LogP) is 12.2. The molecule has 0 aliphatic heterocycles. The molecule has 0 rings (SSSR count). The van der Waals surface area contributed by atoms with Crippen LogP contribution in [-0.2, 0) is 14.3 Å². The SMILES string of the molecule is CCCC/C=C\CCCCCCCC(=O)OCCCCCCCCCCCCCC(=O)NC(CO)C(O)CCCCCCCCCCCCC. The molecule has 0 aliphatic rings. The molecular weight excluding hydrogens is 622 g/mol. The van der Waals surface area contributed by atoms with Gasteiger partial charge in [-0.3, -0.25) is 9.59 Å². The molecule has 6 nitrogen and oxygen atoms in total. The molecule has 1 amide bonds. The molecule has 0 spiro atoms. The van der Waals surface area contributed by atoms with Crippen LogP contribution in [0.2, 0.25) is 0 Å². The van der Waals surface area contributed by atoms with Gasteiger partial charge in [0.25, 0.3) is 0 Å². The Morgan fingerprint density at radius 1 is 0.540 bits per heavy atom. The summed E-state index contributed by atoms with van der Waals surface area (Å²) >= 11 is 0. The molecule has 0 saturated carbocycles. The molecule has 6 heteroatoms. The number of ether oxygens (including phenoxy) is 1. The lowest BCUT2D eigenvalue weighted by Gasteiger charge is -2.22. The van der Waals surface area contributed by atoms with Crippen LogP contribution in [-0.4, -0.2) is 47.4 Å². The summed E-state index contributed by atoms with van der Waals surface area (Å²) in [4.78, 5) is 24.3. The third-order valence-electron chi connectivity index (χ3n) is 10.1. The highest BCUT2D eigenvalue weighted by Gasteiger charge is 2.20. The van der Waals surface area contributed by atoms with E-state index in [2.05, 4.69) is 31.3 Å². The maximum absolute atomic E-state index is 12.4. The van der Waals surface area contributed by atoms with Gasteiger partial charge in [0.1, 0.15) is 0 Å². The first-order valence-electron chi connectivity index (χ1n) is 21.9. The lowest BCUT2D eigenvalue weighted by Crippen LogP contribution is -2.45.